The first-order chi connectivity index (χ1) is 17.5. The minimum atomic E-state index is -0.225. The highest BCUT2D eigenvalue weighted by Gasteiger charge is 2.16. The van der Waals surface area contributed by atoms with Gasteiger partial charge in [0.25, 0.3) is 5.91 Å². The summed E-state index contributed by atoms with van der Waals surface area (Å²) in [4.78, 5) is 29.5. The minimum absolute atomic E-state index is 0.114. The Morgan fingerprint density at radius 2 is 1.56 bits per heavy atom. The number of amides is 2. The number of hydrogen-bond acceptors (Lipinski definition) is 6. The zero-order valence-corrected chi connectivity index (χ0v) is 20.7. The van der Waals surface area contributed by atoms with E-state index in [4.69, 9.17) is 9.47 Å². The lowest BCUT2D eigenvalue weighted by molar-refractivity contribution is -0.117. The molecule has 4 rings (SSSR count). The van der Waals surface area contributed by atoms with Gasteiger partial charge in [0.15, 0.2) is 0 Å². The number of para-hydroxylation sites is 1. The Labute approximate surface area is 211 Å². The van der Waals surface area contributed by atoms with Crippen molar-refractivity contribution in [3.63, 3.8) is 0 Å². The average molecular weight is 489 g/mol. The van der Waals surface area contributed by atoms with Crippen molar-refractivity contribution >= 4 is 28.9 Å². The van der Waals surface area contributed by atoms with Gasteiger partial charge < -0.3 is 25.0 Å². The van der Waals surface area contributed by atoms with Crippen molar-refractivity contribution in [1.29, 1.82) is 0 Å². The lowest BCUT2D eigenvalue weighted by Gasteiger charge is -2.31. The molecule has 3 aromatic carbocycles. The van der Waals surface area contributed by atoms with E-state index in [9.17, 15) is 9.59 Å². The summed E-state index contributed by atoms with van der Waals surface area (Å²) in [6.07, 6.45) is 0. The molecule has 0 aliphatic carbocycles. The fraction of sp³-hybridized carbons (Fsp3) is 0.286. The molecule has 1 aliphatic heterocycles. The summed E-state index contributed by atoms with van der Waals surface area (Å²) in [5.74, 6) is 0.383. The Morgan fingerprint density at radius 3 is 2.25 bits per heavy atom. The lowest BCUT2D eigenvalue weighted by Crippen LogP contribution is -2.37. The van der Waals surface area contributed by atoms with E-state index in [1.54, 1.807) is 55.6 Å². The summed E-state index contributed by atoms with van der Waals surface area (Å²) in [5, 5.41) is 5.76. The number of carbonyl (C=O) groups is 2. The summed E-state index contributed by atoms with van der Waals surface area (Å²) in [5.41, 5.74) is 4.19. The van der Waals surface area contributed by atoms with Crippen LogP contribution in [0.4, 0.5) is 17.1 Å². The smallest absolute Gasteiger partial charge is 0.255 e. The van der Waals surface area contributed by atoms with Crippen LogP contribution in [-0.2, 0) is 16.1 Å². The number of benzene rings is 3. The molecule has 1 saturated heterocycles. The van der Waals surface area contributed by atoms with Crippen molar-refractivity contribution in [2.24, 2.45) is 0 Å². The molecule has 0 atom stereocenters. The van der Waals surface area contributed by atoms with Crippen LogP contribution in [0.5, 0.6) is 5.75 Å². The van der Waals surface area contributed by atoms with Crippen LogP contribution in [0.2, 0.25) is 0 Å². The first-order valence-electron chi connectivity index (χ1n) is 12.0. The van der Waals surface area contributed by atoms with Crippen molar-refractivity contribution in [1.82, 2.24) is 4.90 Å². The monoisotopic (exact) mass is 488 g/mol. The molecule has 8 heteroatoms. The van der Waals surface area contributed by atoms with Gasteiger partial charge in [-0.1, -0.05) is 18.2 Å². The first kappa shape index (κ1) is 25.2. The van der Waals surface area contributed by atoms with E-state index in [0.717, 1.165) is 32.1 Å². The Morgan fingerprint density at radius 1 is 0.917 bits per heavy atom. The highest BCUT2D eigenvalue weighted by molar-refractivity contribution is 6.04. The summed E-state index contributed by atoms with van der Waals surface area (Å²) < 4.78 is 10.6. The van der Waals surface area contributed by atoms with Crippen LogP contribution in [0.1, 0.15) is 15.9 Å². The normalized spacial score (nSPS) is 13.4. The second kappa shape index (κ2) is 12.2. The maximum Gasteiger partial charge on any atom is 0.255 e. The van der Waals surface area contributed by atoms with E-state index < -0.39 is 0 Å². The average Bonchev–Trinajstić information content (AvgIpc) is 2.90. The molecule has 1 fully saturated rings. The molecule has 0 bridgehead atoms. The van der Waals surface area contributed by atoms with Crippen LogP contribution in [-0.4, -0.2) is 63.7 Å². The van der Waals surface area contributed by atoms with Crippen molar-refractivity contribution in [3.05, 3.63) is 83.9 Å². The van der Waals surface area contributed by atoms with E-state index >= 15 is 0 Å². The second-order valence-corrected chi connectivity index (χ2v) is 8.71. The Bertz CT molecular complexity index is 1160. The second-order valence-electron chi connectivity index (χ2n) is 8.71. The minimum Gasteiger partial charge on any atom is -0.497 e. The van der Waals surface area contributed by atoms with Gasteiger partial charge in [-0.05, 0) is 67.2 Å². The lowest BCUT2D eigenvalue weighted by atomic mass is 10.1. The van der Waals surface area contributed by atoms with Gasteiger partial charge in [-0.25, -0.2) is 0 Å². The Hall–Kier alpha value is -3.88. The molecular weight excluding hydrogens is 456 g/mol. The molecular formula is C28H32N4O4. The zero-order valence-electron chi connectivity index (χ0n) is 20.7. The molecule has 1 aliphatic rings. The molecule has 2 N–H and O–H groups in total. The molecule has 0 aromatic heterocycles. The quantitative estimate of drug-likeness (QED) is 0.476. The largest absolute Gasteiger partial charge is 0.497 e. The van der Waals surface area contributed by atoms with E-state index in [2.05, 4.69) is 27.7 Å². The Balaban J connectivity index is 1.28. The van der Waals surface area contributed by atoms with E-state index in [-0.39, 0.29) is 18.4 Å². The van der Waals surface area contributed by atoms with Crippen LogP contribution in [0.3, 0.4) is 0 Å². The van der Waals surface area contributed by atoms with Crippen LogP contribution < -0.4 is 20.3 Å². The third kappa shape index (κ3) is 6.84. The SMILES string of the molecule is COc1ccc(NC(=O)c2ccc(NC(=O)CN(C)Cc3ccccc3N3CCOCC3)cc2)cc1. The number of nitrogens with one attached hydrogen (secondary N) is 2. The fourth-order valence-electron chi connectivity index (χ4n) is 4.13. The molecule has 2 amide bonds. The summed E-state index contributed by atoms with van der Waals surface area (Å²) in [7, 11) is 3.53. The fourth-order valence-corrected chi connectivity index (χ4v) is 4.13. The van der Waals surface area contributed by atoms with Crippen molar-refractivity contribution in [2.45, 2.75) is 6.54 Å². The number of likely N-dealkylation sites (N-methyl/N-ethyl adjacent to an activating group) is 1. The number of carbonyl (C=O) groups excluding carboxylic acids is 2. The number of ether oxygens (including phenoxy) is 2. The molecule has 3 aromatic rings. The summed E-state index contributed by atoms with van der Waals surface area (Å²) >= 11 is 0. The van der Waals surface area contributed by atoms with Gasteiger partial charge in [0, 0.05) is 42.3 Å². The first-order valence-corrected chi connectivity index (χ1v) is 12.0. The summed E-state index contributed by atoms with van der Waals surface area (Å²) in [6.45, 7) is 4.11. The number of nitrogens with zero attached hydrogens (tertiary/aromatic N) is 2. The van der Waals surface area contributed by atoms with Crippen molar-refractivity contribution < 1.29 is 19.1 Å². The van der Waals surface area contributed by atoms with Crippen LogP contribution in [0.15, 0.2) is 72.8 Å². The molecule has 0 unspecified atom stereocenters. The summed E-state index contributed by atoms with van der Waals surface area (Å²) in [6, 6.07) is 22.3. The topological polar surface area (TPSA) is 83.1 Å². The standard InChI is InChI=1S/C28H32N4O4/c1-31(19-22-5-3-4-6-26(22)32-15-17-36-18-16-32)20-27(33)29-23-9-7-21(8-10-23)28(34)30-24-11-13-25(35-2)14-12-24/h3-14H,15-20H2,1-2H3,(H,29,33)(H,30,34). The van der Waals surface area contributed by atoms with Crippen molar-refractivity contribution in [3.8, 4) is 5.75 Å². The van der Waals surface area contributed by atoms with Crippen molar-refractivity contribution in [2.75, 3.05) is 62.5 Å². The van der Waals surface area contributed by atoms with E-state index in [0.29, 0.717) is 23.5 Å². The van der Waals surface area contributed by atoms with E-state index in [1.165, 1.54) is 11.3 Å². The van der Waals surface area contributed by atoms with Crippen LogP contribution in [0.25, 0.3) is 0 Å². The molecule has 188 valence electrons. The zero-order chi connectivity index (χ0) is 25.3. The third-order valence-electron chi connectivity index (χ3n) is 5.98. The number of hydrogen-bond donors (Lipinski definition) is 2. The maximum absolute atomic E-state index is 12.6. The molecule has 0 radical (unpaired) electrons. The van der Waals surface area contributed by atoms with Gasteiger partial charge >= 0.3 is 0 Å². The number of morpholine rings is 1. The van der Waals surface area contributed by atoms with E-state index in [1.807, 2.05) is 24.1 Å². The van der Waals surface area contributed by atoms with Gasteiger partial charge in [0.05, 0.1) is 26.9 Å². The molecule has 1 heterocycles. The Kier molecular flexibility index (Phi) is 8.54. The number of anilines is 3. The third-order valence-corrected chi connectivity index (χ3v) is 5.98. The van der Waals surface area contributed by atoms with Gasteiger partial charge in [-0.3, -0.25) is 14.5 Å². The highest BCUT2D eigenvalue weighted by Crippen LogP contribution is 2.23. The molecule has 36 heavy (non-hydrogen) atoms. The highest BCUT2D eigenvalue weighted by atomic mass is 16.5. The predicted octanol–water partition coefficient (Wildman–Crippen LogP) is 3.85. The number of methoxy groups -OCH3 is 1. The van der Waals surface area contributed by atoms with Gasteiger partial charge in [0.1, 0.15) is 5.75 Å². The van der Waals surface area contributed by atoms with Gasteiger partial charge in [-0.2, -0.15) is 0 Å². The maximum atomic E-state index is 12.6. The van der Waals surface area contributed by atoms with Crippen LogP contribution >= 0.6 is 0 Å². The van der Waals surface area contributed by atoms with Gasteiger partial charge in [0.2, 0.25) is 5.91 Å². The van der Waals surface area contributed by atoms with Crippen LogP contribution in [0, 0.1) is 0 Å². The molecule has 0 spiro atoms. The van der Waals surface area contributed by atoms with Gasteiger partial charge in [-0.15, -0.1) is 0 Å². The predicted molar refractivity (Wildman–Crippen MR) is 142 cm³/mol. The molecule has 8 nitrogen and oxygen atoms in total. The molecule has 0 saturated carbocycles. The number of rotatable bonds is 9.